The number of hydrogen-bond acceptors (Lipinski definition) is 4. The van der Waals surface area contributed by atoms with E-state index in [-0.39, 0.29) is 29.4 Å². The monoisotopic (exact) mass is 538 g/mol. The highest BCUT2D eigenvalue weighted by molar-refractivity contribution is 8.00. The fourth-order valence-electron chi connectivity index (χ4n) is 5.13. The molecule has 2 amide bonds. The van der Waals surface area contributed by atoms with Gasteiger partial charge in [0.05, 0.1) is 22.4 Å². The van der Waals surface area contributed by atoms with Gasteiger partial charge in [-0.15, -0.1) is 11.8 Å². The Kier molecular flexibility index (Phi) is 7.89. The molecule has 1 aromatic heterocycles. The Morgan fingerprint density at radius 3 is 2.46 bits per heavy atom. The second-order valence-corrected chi connectivity index (χ2v) is 11.1. The second kappa shape index (κ2) is 11.5. The first-order chi connectivity index (χ1) is 18.9. The zero-order valence-electron chi connectivity index (χ0n) is 22.9. The van der Waals surface area contributed by atoms with Crippen LogP contribution < -0.4 is 10.2 Å². The summed E-state index contributed by atoms with van der Waals surface area (Å²) in [5, 5.41) is 8.02. The minimum Gasteiger partial charge on any atom is -0.355 e. The fourth-order valence-corrected chi connectivity index (χ4v) is 6.42. The molecule has 7 heteroatoms. The lowest BCUT2D eigenvalue weighted by Gasteiger charge is -2.24. The summed E-state index contributed by atoms with van der Waals surface area (Å²) in [4.78, 5) is 28.5. The molecule has 0 spiro atoms. The highest BCUT2D eigenvalue weighted by Crippen LogP contribution is 2.49. The van der Waals surface area contributed by atoms with Gasteiger partial charge in [0.1, 0.15) is 12.4 Å². The number of thioether (sulfide) groups is 1. The molecular weight excluding hydrogens is 504 g/mol. The molecule has 5 rings (SSSR count). The van der Waals surface area contributed by atoms with Gasteiger partial charge in [0.15, 0.2) is 0 Å². The van der Waals surface area contributed by atoms with E-state index in [1.165, 1.54) is 0 Å². The molecular formula is C32H34N4O2S. The van der Waals surface area contributed by atoms with Crippen molar-refractivity contribution in [2.75, 3.05) is 23.7 Å². The van der Waals surface area contributed by atoms with Crippen molar-refractivity contribution in [1.29, 1.82) is 0 Å². The fraction of sp³-hybridized carbons (Fsp3) is 0.281. The largest absolute Gasteiger partial charge is 0.355 e. The van der Waals surface area contributed by atoms with E-state index in [0.717, 1.165) is 51.2 Å². The van der Waals surface area contributed by atoms with E-state index < -0.39 is 0 Å². The summed E-state index contributed by atoms with van der Waals surface area (Å²) in [5.41, 5.74) is 8.13. The smallest absolute Gasteiger partial charge is 0.240 e. The standard InChI is InChI=1S/C32H34N4O2S/c1-5-17-33-27(37)19-35-28(38)20-39-31(25-14-10-9-11-22(25)3)29-30(24-12-7-6-8-13-24)34-36(32(29)35)26-16-15-21(2)18-23(26)4/h6-16,18,31H,5,17,19-20H2,1-4H3,(H,33,37). The van der Waals surface area contributed by atoms with Crippen molar-refractivity contribution in [3.63, 3.8) is 0 Å². The van der Waals surface area contributed by atoms with Crippen LogP contribution in [0.3, 0.4) is 0 Å². The Morgan fingerprint density at radius 1 is 1.00 bits per heavy atom. The number of nitrogens with one attached hydrogen (secondary N) is 1. The number of hydrogen-bond donors (Lipinski definition) is 1. The molecule has 4 aromatic rings. The number of rotatable bonds is 7. The molecule has 6 nitrogen and oxygen atoms in total. The van der Waals surface area contributed by atoms with E-state index in [2.05, 4.69) is 62.5 Å². The number of benzene rings is 3. The summed E-state index contributed by atoms with van der Waals surface area (Å²) in [6.45, 7) is 8.75. The molecule has 0 fully saturated rings. The maximum atomic E-state index is 13.8. The molecule has 1 atom stereocenters. The van der Waals surface area contributed by atoms with Crippen LogP contribution in [0.25, 0.3) is 16.9 Å². The van der Waals surface area contributed by atoms with E-state index in [0.29, 0.717) is 12.4 Å². The normalized spacial score (nSPS) is 15.1. The SMILES string of the molecule is CCCNC(=O)CN1C(=O)CSC(c2ccccc2C)c2c(-c3ccccc3)nn(-c3ccc(C)cc3C)c21. The minimum atomic E-state index is -0.176. The molecule has 0 saturated heterocycles. The van der Waals surface area contributed by atoms with E-state index >= 15 is 0 Å². The quantitative estimate of drug-likeness (QED) is 0.306. The predicted octanol–water partition coefficient (Wildman–Crippen LogP) is 6.16. The maximum Gasteiger partial charge on any atom is 0.240 e. The molecule has 39 heavy (non-hydrogen) atoms. The van der Waals surface area contributed by atoms with Gasteiger partial charge in [0, 0.05) is 17.7 Å². The third-order valence-corrected chi connectivity index (χ3v) is 8.30. The molecule has 2 heterocycles. The van der Waals surface area contributed by atoms with Crippen molar-refractivity contribution < 1.29 is 9.59 Å². The molecule has 0 bridgehead atoms. The topological polar surface area (TPSA) is 67.2 Å². The molecule has 1 aliphatic rings. The summed E-state index contributed by atoms with van der Waals surface area (Å²) < 4.78 is 1.88. The van der Waals surface area contributed by atoms with Crippen LogP contribution in [0.2, 0.25) is 0 Å². The van der Waals surface area contributed by atoms with Gasteiger partial charge in [-0.3, -0.25) is 14.5 Å². The zero-order chi connectivity index (χ0) is 27.5. The molecule has 1 unspecified atom stereocenters. The molecule has 1 N–H and O–H groups in total. The highest BCUT2D eigenvalue weighted by atomic mass is 32.2. The van der Waals surface area contributed by atoms with Gasteiger partial charge in [-0.05, 0) is 49.9 Å². The van der Waals surface area contributed by atoms with Crippen molar-refractivity contribution in [2.24, 2.45) is 0 Å². The van der Waals surface area contributed by atoms with Gasteiger partial charge < -0.3 is 5.32 Å². The van der Waals surface area contributed by atoms with E-state index in [1.54, 1.807) is 16.7 Å². The summed E-state index contributed by atoms with van der Waals surface area (Å²) in [6.07, 6.45) is 0.828. The van der Waals surface area contributed by atoms with Crippen LogP contribution in [0.15, 0.2) is 72.8 Å². The number of carbonyl (C=O) groups is 2. The first-order valence-corrected chi connectivity index (χ1v) is 14.4. The van der Waals surface area contributed by atoms with Gasteiger partial charge in [-0.2, -0.15) is 5.10 Å². The summed E-state index contributed by atoms with van der Waals surface area (Å²) in [5.74, 6) is 0.644. The van der Waals surface area contributed by atoms with E-state index in [4.69, 9.17) is 5.10 Å². The first-order valence-electron chi connectivity index (χ1n) is 13.4. The highest BCUT2D eigenvalue weighted by Gasteiger charge is 2.38. The lowest BCUT2D eigenvalue weighted by Crippen LogP contribution is -2.42. The average Bonchev–Trinajstić information content (AvgIpc) is 3.25. The van der Waals surface area contributed by atoms with Crippen LogP contribution in [0, 0.1) is 20.8 Å². The Labute approximate surface area is 234 Å². The molecule has 0 radical (unpaired) electrons. The number of nitrogens with zero attached hydrogens (tertiary/aromatic N) is 3. The Morgan fingerprint density at radius 2 is 1.74 bits per heavy atom. The van der Waals surface area contributed by atoms with Crippen molar-refractivity contribution in [1.82, 2.24) is 15.1 Å². The number of amides is 2. The Bertz CT molecular complexity index is 1510. The van der Waals surface area contributed by atoms with E-state index in [9.17, 15) is 9.59 Å². The van der Waals surface area contributed by atoms with Crippen LogP contribution >= 0.6 is 11.8 Å². The van der Waals surface area contributed by atoms with Gasteiger partial charge in [0.25, 0.3) is 0 Å². The first kappa shape index (κ1) is 26.8. The molecule has 0 aliphatic carbocycles. The molecule has 200 valence electrons. The lowest BCUT2D eigenvalue weighted by atomic mass is 9.96. The molecule has 3 aromatic carbocycles. The molecule has 0 saturated carbocycles. The van der Waals surface area contributed by atoms with Gasteiger partial charge in [-0.25, -0.2) is 4.68 Å². The number of anilines is 1. The number of fused-ring (bicyclic) bond motifs is 1. The van der Waals surface area contributed by atoms with Crippen molar-refractivity contribution >= 4 is 29.4 Å². The van der Waals surface area contributed by atoms with Crippen molar-refractivity contribution in [3.05, 3.63) is 101 Å². The minimum absolute atomic E-state index is 0.0578. The van der Waals surface area contributed by atoms with Crippen LogP contribution in [-0.2, 0) is 9.59 Å². The van der Waals surface area contributed by atoms with Gasteiger partial charge in [0.2, 0.25) is 11.8 Å². The summed E-state index contributed by atoms with van der Waals surface area (Å²) in [7, 11) is 0. The number of carbonyl (C=O) groups excluding carboxylic acids is 2. The van der Waals surface area contributed by atoms with Crippen LogP contribution in [0.4, 0.5) is 5.82 Å². The second-order valence-electron chi connectivity index (χ2n) is 10.0. The molecule has 1 aliphatic heterocycles. The third-order valence-electron chi connectivity index (χ3n) is 7.06. The Hall–Kier alpha value is -3.84. The third kappa shape index (κ3) is 5.36. The van der Waals surface area contributed by atoms with Crippen LogP contribution in [-0.4, -0.2) is 40.4 Å². The van der Waals surface area contributed by atoms with Gasteiger partial charge >= 0.3 is 0 Å². The van der Waals surface area contributed by atoms with Crippen molar-refractivity contribution in [3.8, 4) is 16.9 Å². The number of aryl methyl sites for hydroxylation is 3. The Balaban J connectivity index is 1.82. The van der Waals surface area contributed by atoms with Crippen molar-refractivity contribution in [2.45, 2.75) is 39.4 Å². The van der Waals surface area contributed by atoms with Crippen LogP contribution in [0.1, 0.15) is 46.4 Å². The number of aromatic nitrogens is 2. The summed E-state index contributed by atoms with van der Waals surface area (Å²) >= 11 is 1.60. The van der Waals surface area contributed by atoms with Crippen LogP contribution in [0.5, 0.6) is 0 Å². The van der Waals surface area contributed by atoms with Gasteiger partial charge in [-0.1, -0.05) is 79.2 Å². The van der Waals surface area contributed by atoms with E-state index in [1.807, 2.05) is 48.0 Å². The average molecular weight is 539 g/mol. The maximum absolute atomic E-state index is 13.8. The summed E-state index contributed by atoms with van der Waals surface area (Å²) in [6, 6.07) is 24.7. The predicted molar refractivity (Wildman–Crippen MR) is 160 cm³/mol. The zero-order valence-corrected chi connectivity index (χ0v) is 23.7. The lowest BCUT2D eigenvalue weighted by molar-refractivity contribution is -0.122.